The van der Waals surface area contributed by atoms with Gasteiger partial charge in [-0.2, -0.15) is 0 Å². The molecule has 13 heteroatoms. The molecule has 5 atom stereocenters. The molecule has 1 saturated heterocycles. The van der Waals surface area contributed by atoms with Crippen LogP contribution in [0.15, 0.2) is 23.5 Å². The average molecular weight is 585 g/mol. The number of oxime groups is 1. The highest BCUT2D eigenvalue weighted by Gasteiger charge is 2.50. The summed E-state index contributed by atoms with van der Waals surface area (Å²) in [4.78, 5) is 5.94. The summed E-state index contributed by atoms with van der Waals surface area (Å²) < 4.78 is 41.8. The van der Waals surface area contributed by atoms with Gasteiger partial charge in [0.1, 0.15) is 35.6 Å². The molecule has 3 aliphatic rings. The van der Waals surface area contributed by atoms with Crippen molar-refractivity contribution in [1.29, 1.82) is 0 Å². The van der Waals surface area contributed by atoms with Gasteiger partial charge in [0.15, 0.2) is 11.6 Å². The van der Waals surface area contributed by atoms with Crippen LogP contribution < -0.4 is 0 Å². The van der Waals surface area contributed by atoms with Crippen molar-refractivity contribution in [2.45, 2.75) is 94.0 Å². The molecule has 0 bridgehead atoms. The fourth-order valence-corrected chi connectivity index (χ4v) is 6.40. The molecule has 3 heterocycles. The van der Waals surface area contributed by atoms with Crippen LogP contribution in [0.2, 0.25) is 5.02 Å². The van der Waals surface area contributed by atoms with Gasteiger partial charge in [0.05, 0.1) is 35.2 Å². The van der Waals surface area contributed by atoms with Gasteiger partial charge in [-0.15, -0.1) is 5.10 Å². The topological polar surface area (TPSA) is 131 Å². The van der Waals surface area contributed by atoms with Gasteiger partial charge in [-0.05, 0) is 57.6 Å². The predicted octanol–water partition coefficient (Wildman–Crippen LogP) is 3.42. The monoisotopic (exact) mass is 584 g/mol. The van der Waals surface area contributed by atoms with E-state index in [4.69, 9.17) is 25.9 Å². The molecule has 1 saturated carbocycles. The number of nitrogens with zero attached hydrogens (tertiary/aromatic N) is 4. The molecule has 2 aliphatic heterocycles. The van der Waals surface area contributed by atoms with Crippen molar-refractivity contribution in [3.8, 4) is 11.3 Å². The van der Waals surface area contributed by atoms with Gasteiger partial charge < -0.3 is 29.6 Å². The molecule has 1 aromatic carbocycles. The first-order valence-corrected chi connectivity index (χ1v) is 13.8. The zero-order valence-electron chi connectivity index (χ0n) is 22.6. The second-order valence-electron chi connectivity index (χ2n) is 11.6. The largest absolute Gasteiger partial charge is 0.394 e. The lowest BCUT2D eigenvalue weighted by Gasteiger charge is -2.43. The molecule has 1 spiro atoms. The van der Waals surface area contributed by atoms with E-state index in [0.29, 0.717) is 12.8 Å². The highest BCUT2D eigenvalue weighted by Crippen LogP contribution is 2.45. The van der Waals surface area contributed by atoms with Crippen LogP contribution in [0.1, 0.15) is 58.4 Å². The highest BCUT2D eigenvalue weighted by atomic mass is 35.5. The minimum absolute atomic E-state index is 0.0379. The van der Waals surface area contributed by atoms with Crippen molar-refractivity contribution in [3.05, 3.63) is 35.0 Å². The van der Waals surface area contributed by atoms with Crippen LogP contribution in [0.25, 0.3) is 11.3 Å². The van der Waals surface area contributed by atoms with Crippen LogP contribution in [0.4, 0.5) is 8.78 Å². The second kappa shape index (κ2) is 11.2. The number of hydrogen-bond acceptors (Lipinski definition) is 9. The number of ether oxygens (including phenoxy) is 2. The van der Waals surface area contributed by atoms with E-state index < -0.39 is 59.9 Å². The third-order valence-electron chi connectivity index (χ3n) is 8.59. The Kier molecular flexibility index (Phi) is 8.21. The lowest BCUT2D eigenvalue weighted by Crippen LogP contribution is -2.57. The number of halogens is 3. The molecular formula is C27H35ClF2N4O6. The maximum Gasteiger partial charge on any atom is 0.178 e. The van der Waals surface area contributed by atoms with E-state index in [2.05, 4.69) is 15.5 Å². The molecule has 10 nitrogen and oxygen atoms in total. The van der Waals surface area contributed by atoms with Gasteiger partial charge in [0.25, 0.3) is 0 Å². The van der Waals surface area contributed by atoms with Gasteiger partial charge in [-0.25, -0.2) is 13.5 Å². The summed E-state index contributed by atoms with van der Waals surface area (Å²) in [6.45, 7) is 3.21. The Hall–Kier alpha value is -2.22. The number of rotatable bonds is 7. The Morgan fingerprint density at radius 2 is 1.93 bits per heavy atom. The van der Waals surface area contributed by atoms with Crippen molar-refractivity contribution < 1.29 is 38.4 Å². The number of aliphatic hydroxyl groups excluding tert-OH is 2. The van der Waals surface area contributed by atoms with Gasteiger partial charge >= 0.3 is 0 Å². The summed E-state index contributed by atoms with van der Waals surface area (Å²) >= 11 is 5.68. The molecule has 40 heavy (non-hydrogen) atoms. The van der Waals surface area contributed by atoms with E-state index in [9.17, 15) is 24.1 Å². The van der Waals surface area contributed by atoms with Crippen LogP contribution in [-0.2, 0) is 14.3 Å². The van der Waals surface area contributed by atoms with E-state index in [1.807, 2.05) is 13.8 Å². The van der Waals surface area contributed by atoms with Crippen molar-refractivity contribution in [2.75, 3.05) is 13.7 Å². The Morgan fingerprint density at radius 1 is 1.20 bits per heavy atom. The summed E-state index contributed by atoms with van der Waals surface area (Å²) in [5, 5.41) is 43.5. The van der Waals surface area contributed by atoms with Crippen LogP contribution in [-0.4, -0.2) is 85.4 Å². The third-order valence-corrected chi connectivity index (χ3v) is 8.88. The van der Waals surface area contributed by atoms with Gasteiger partial charge in [0.2, 0.25) is 0 Å². The van der Waals surface area contributed by atoms with Crippen LogP contribution in [0, 0.1) is 17.6 Å². The van der Waals surface area contributed by atoms with Gasteiger partial charge in [-0.1, -0.05) is 22.0 Å². The van der Waals surface area contributed by atoms with Crippen LogP contribution in [0.3, 0.4) is 0 Å². The molecule has 5 rings (SSSR count). The van der Waals surface area contributed by atoms with E-state index in [-0.39, 0.29) is 22.2 Å². The molecule has 5 unspecified atom stereocenters. The van der Waals surface area contributed by atoms with E-state index in [0.717, 1.165) is 31.4 Å². The highest BCUT2D eigenvalue weighted by molar-refractivity contribution is 6.30. The van der Waals surface area contributed by atoms with Crippen LogP contribution in [0.5, 0.6) is 0 Å². The molecule has 1 aliphatic carbocycles. The van der Waals surface area contributed by atoms with E-state index >= 15 is 0 Å². The second-order valence-corrected chi connectivity index (χ2v) is 12.0. The number of aromatic nitrogens is 3. The standard InChI is InChI=1S/C27H35ClF2N4O6/c1-26(2,37)14-6-8-27(9-7-14)11-15(32-40-27)10-19-25(38-3)23(24(36)20(13-35)39-19)34-12-18(31-33-34)16-4-5-17(28)22(30)21(16)29/h4-5,12,14,19-20,23-25,35-37H,6-11,13H2,1-3H3. The number of hydrogen-bond donors (Lipinski definition) is 3. The number of aliphatic hydroxyl groups is 3. The molecule has 2 fully saturated rings. The molecule has 2 aromatic rings. The number of methoxy groups -OCH3 is 1. The minimum atomic E-state index is -1.24. The lowest BCUT2D eigenvalue weighted by atomic mass is 9.71. The molecule has 3 N–H and O–H groups in total. The first-order chi connectivity index (χ1) is 19.0. The molecule has 220 valence electrons. The zero-order chi connectivity index (χ0) is 28.8. The Balaban J connectivity index is 1.34. The average Bonchev–Trinajstić information content (AvgIpc) is 3.55. The van der Waals surface area contributed by atoms with Crippen molar-refractivity contribution in [1.82, 2.24) is 15.0 Å². The van der Waals surface area contributed by atoms with Crippen molar-refractivity contribution in [3.63, 3.8) is 0 Å². The van der Waals surface area contributed by atoms with Crippen molar-refractivity contribution in [2.24, 2.45) is 11.1 Å². The van der Waals surface area contributed by atoms with E-state index in [1.54, 1.807) is 0 Å². The summed E-state index contributed by atoms with van der Waals surface area (Å²) in [5.74, 6) is -2.16. The Bertz CT molecular complexity index is 1250. The SMILES string of the molecule is COC1C(CC2=NOC3(CCC(C(C)(C)O)CC3)C2)OC(CO)C(O)C1n1cc(-c2ccc(Cl)c(F)c2F)nn1. The van der Waals surface area contributed by atoms with Crippen molar-refractivity contribution >= 4 is 17.3 Å². The molecular weight excluding hydrogens is 550 g/mol. The first-order valence-electron chi connectivity index (χ1n) is 13.5. The maximum absolute atomic E-state index is 14.6. The summed E-state index contributed by atoms with van der Waals surface area (Å²) in [6.07, 6.45) is 1.96. The fourth-order valence-electron chi connectivity index (χ4n) is 6.26. The van der Waals surface area contributed by atoms with Gasteiger partial charge in [-0.3, -0.25) is 0 Å². The molecule has 1 aromatic heterocycles. The minimum Gasteiger partial charge on any atom is -0.394 e. The fraction of sp³-hybridized carbons (Fsp3) is 0.667. The van der Waals surface area contributed by atoms with Gasteiger partial charge in [0, 0.05) is 25.5 Å². The molecule has 0 amide bonds. The number of benzene rings is 1. The smallest absolute Gasteiger partial charge is 0.178 e. The normalized spacial score (nSPS) is 32.8. The Morgan fingerprint density at radius 3 is 2.58 bits per heavy atom. The predicted molar refractivity (Wildman–Crippen MR) is 141 cm³/mol. The Labute approximate surface area is 235 Å². The third kappa shape index (κ3) is 5.49. The van der Waals surface area contributed by atoms with Crippen LogP contribution >= 0.6 is 11.6 Å². The zero-order valence-corrected chi connectivity index (χ0v) is 23.4. The lowest BCUT2D eigenvalue weighted by molar-refractivity contribution is -0.210. The summed E-state index contributed by atoms with van der Waals surface area (Å²) in [7, 11) is 1.47. The summed E-state index contributed by atoms with van der Waals surface area (Å²) in [6, 6.07) is 1.66. The first kappa shape index (κ1) is 29.3. The van der Waals surface area contributed by atoms with E-state index in [1.165, 1.54) is 30.1 Å². The summed E-state index contributed by atoms with van der Waals surface area (Å²) in [5.41, 5.74) is -0.479. The molecule has 0 radical (unpaired) electrons. The quantitative estimate of drug-likeness (QED) is 0.422. The maximum atomic E-state index is 14.6.